The van der Waals surface area contributed by atoms with E-state index in [1.54, 1.807) is 0 Å². The van der Waals surface area contributed by atoms with Gasteiger partial charge in [0, 0.05) is 12.1 Å². The lowest BCUT2D eigenvalue weighted by atomic mass is 9.88. The predicted octanol–water partition coefficient (Wildman–Crippen LogP) is 1.90. The molecule has 0 radical (unpaired) electrons. The molecule has 1 atom stereocenters. The number of nitrogens with two attached hydrogens (primary N) is 1. The fourth-order valence-electron chi connectivity index (χ4n) is 1.99. The Hall–Kier alpha value is -0.520. The molecule has 0 rings (SSSR count). The highest BCUT2D eigenvalue weighted by molar-refractivity contribution is 5.01. The topological polar surface area (TPSA) is 38.0 Å². The van der Waals surface area contributed by atoms with Crippen LogP contribution < -0.4 is 11.1 Å². The van der Waals surface area contributed by atoms with Gasteiger partial charge in [0.1, 0.15) is 0 Å². The molecular weight excluding hydrogens is 172 g/mol. The average molecular weight is 196 g/mol. The van der Waals surface area contributed by atoms with Gasteiger partial charge in [-0.1, -0.05) is 32.6 Å². The zero-order valence-electron chi connectivity index (χ0n) is 9.77. The van der Waals surface area contributed by atoms with Crippen LogP contribution in [0.25, 0.3) is 0 Å². The van der Waals surface area contributed by atoms with Crippen molar-refractivity contribution in [2.45, 2.75) is 58.0 Å². The van der Waals surface area contributed by atoms with Crippen LogP contribution >= 0.6 is 0 Å². The molecule has 0 aromatic carbocycles. The lowest BCUT2D eigenvalue weighted by Gasteiger charge is -2.35. The molecule has 0 heterocycles. The minimum Gasteiger partial charge on any atom is -0.329 e. The van der Waals surface area contributed by atoms with Gasteiger partial charge in [-0.25, -0.2) is 0 Å². The van der Waals surface area contributed by atoms with Crippen LogP contribution in [0.4, 0.5) is 0 Å². The molecule has 0 spiro atoms. The van der Waals surface area contributed by atoms with E-state index in [9.17, 15) is 0 Å². The maximum atomic E-state index is 5.85. The maximum absolute atomic E-state index is 5.85. The first-order chi connectivity index (χ1) is 6.64. The second-order valence-corrected chi connectivity index (χ2v) is 4.02. The lowest BCUT2D eigenvalue weighted by molar-refractivity contribution is 0.273. The van der Waals surface area contributed by atoms with E-state index in [1.807, 2.05) is 6.92 Å². The van der Waals surface area contributed by atoms with E-state index in [0.717, 1.165) is 25.7 Å². The van der Waals surface area contributed by atoms with Gasteiger partial charge in [0.25, 0.3) is 0 Å². The smallest absolute Gasteiger partial charge is 0.0663 e. The van der Waals surface area contributed by atoms with Gasteiger partial charge in [-0.15, -0.1) is 6.42 Å². The fraction of sp³-hybridized carbons (Fsp3) is 0.833. The Bertz CT molecular complexity index is 175. The molecule has 2 nitrogen and oxygen atoms in total. The predicted molar refractivity (Wildman–Crippen MR) is 63.0 cm³/mol. The Labute approximate surface area is 88.6 Å². The van der Waals surface area contributed by atoms with Crippen molar-refractivity contribution in [3.05, 3.63) is 0 Å². The van der Waals surface area contributed by atoms with Crippen molar-refractivity contribution in [1.82, 2.24) is 5.32 Å². The molecule has 0 saturated carbocycles. The van der Waals surface area contributed by atoms with Gasteiger partial charge in [0.15, 0.2) is 0 Å². The second kappa shape index (κ2) is 6.86. The molecule has 0 amide bonds. The third-order valence-electron chi connectivity index (χ3n) is 2.62. The summed E-state index contributed by atoms with van der Waals surface area (Å²) in [6.07, 6.45) is 9.85. The summed E-state index contributed by atoms with van der Waals surface area (Å²) in [6.45, 7) is 7.04. The normalized spacial score (nSPS) is 13.6. The number of nitrogens with one attached hydrogen (secondary N) is 1. The summed E-state index contributed by atoms with van der Waals surface area (Å²) < 4.78 is 0. The monoisotopic (exact) mass is 196 g/mol. The third kappa shape index (κ3) is 4.13. The molecule has 0 aromatic rings. The number of hydrogen-bond donors (Lipinski definition) is 2. The van der Waals surface area contributed by atoms with Gasteiger partial charge in [0.2, 0.25) is 0 Å². The van der Waals surface area contributed by atoms with E-state index in [2.05, 4.69) is 25.1 Å². The zero-order valence-corrected chi connectivity index (χ0v) is 9.77. The van der Waals surface area contributed by atoms with Crippen molar-refractivity contribution < 1.29 is 0 Å². The first-order valence-corrected chi connectivity index (χ1v) is 5.58. The number of terminal acetylenes is 1. The van der Waals surface area contributed by atoms with Crippen LogP contribution in [0.5, 0.6) is 0 Å². The molecule has 0 aliphatic carbocycles. The van der Waals surface area contributed by atoms with E-state index >= 15 is 0 Å². The Morgan fingerprint density at radius 2 is 1.86 bits per heavy atom. The van der Waals surface area contributed by atoms with Crippen LogP contribution in [0.3, 0.4) is 0 Å². The molecular formula is C12H24N2. The highest BCUT2D eigenvalue weighted by Crippen LogP contribution is 2.19. The van der Waals surface area contributed by atoms with E-state index in [4.69, 9.17) is 12.2 Å². The van der Waals surface area contributed by atoms with Crippen molar-refractivity contribution in [1.29, 1.82) is 0 Å². The maximum Gasteiger partial charge on any atom is 0.0663 e. The van der Waals surface area contributed by atoms with Gasteiger partial charge in [0.05, 0.1) is 6.04 Å². The summed E-state index contributed by atoms with van der Waals surface area (Å²) >= 11 is 0. The molecule has 82 valence electrons. The summed E-state index contributed by atoms with van der Waals surface area (Å²) in [5, 5.41) is 3.47. The van der Waals surface area contributed by atoms with Gasteiger partial charge >= 0.3 is 0 Å². The van der Waals surface area contributed by atoms with E-state index in [-0.39, 0.29) is 11.6 Å². The molecule has 0 aromatic heterocycles. The summed E-state index contributed by atoms with van der Waals surface area (Å²) in [7, 11) is 0. The van der Waals surface area contributed by atoms with E-state index < -0.39 is 0 Å². The van der Waals surface area contributed by atoms with E-state index in [0.29, 0.717) is 6.54 Å². The van der Waals surface area contributed by atoms with Crippen LogP contribution in [0.2, 0.25) is 0 Å². The highest BCUT2D eigenvalue weighted by Gasteiger charge is 2.27. The van der Waals surface area contributed by atoms with E-state index in [1.165, 1.54) is 0 Å². The van der Waals surface area contributed by atoms with Gasteiger partial charge in [-0.05, 0) is 19.8 Å². The molecule has 14 heavy (non-hydrogen) atoms. The van der Waals surface area contributed by atoms with Crippen LogP contribution in [-0.4, -0.2) is 18.1 Å². The molecule has 1 unspecified atom stereocenters. The summed E-state index contributed by atoms with van der Waals surface area (Å²) in [5.41, 5.74) is 5.90. The Morgan fingerprint density at radius 1 is 1.36 bits per heavy atom. The molecule has 0 fully saturated rings. The van der Waals surface area contributed by atoms with Gasteiger partial charge in [-0.3, -0.25) is 5.32 Å². The van der Waals surface area contributed by atoms with Crippen LogP contribution in [0.15, 0.2) is 0 Å². The molecule has 2 heteroatoms. The summed E-state index contributed by atoms with van der Waals surface area (Å²) in [5.74, 6) is 2.70. The van der Waals surface area contributed by atoms with Gasteiger partial charge in [-0.2, -0.15) is 0 Å². The Morgan fingerprint density at radius 3 is 2.14 bits per heavy atom. The SMILES string of the molecule is C#CC(C)NC(CN)(CCC)CCC. The minimum absolute atomic E-state index is 0.0509. The van der Waals surface area contributed by atoms with Crippen molar-refractivity contribution in [2.75, 3.05) is 6.54 Å². The molecule has 0 aliphatic heterocycles. The molecule has 0 saturated heterocycles. The second-order valence-electron chi connectivity index (χ2n) is 4.02. The lowest BCUT2D eigenvalue weighted by Crippen LogP contribution is -2.54. The number of rotatable bonds is 7. The standard InChI is InChI=1S/C12H24N2/c1-5-8-12(10-13,9-6-2)14-11(4)7-3/h3,11,14H,5-6,8-10,13H2,1-2,4H3. The number of hydrogen-bond acceptors (Lipinski definition) is 2. The average Bonchev–Trinajstić information content (AvgIpc) is 2.18. The first kappa shape index (κ1) is 13.5. The quantitative estimate of drug-likeness (QED) is 0.610. The molecule has 0 bridgehead atoms. The fourth-order valence-corrected chi connectivity index (χ4v) is 1.99. The van der Waals surface area contributed by atoms with Crippen LogP contribution in [0.1, 0.15) is 46.5 Å². The summed E-state index contributed by atoms with van der Waals surface area (Å²) in [6, 6.07) is 0.108. The summed E-state index contributed by atoms with van der Waals surface area (Å²) in [4.78, 5) is 0. The van der Waals surface area contributed by atoms with Crippen molar-refractivity contribution in [3.8, 4) is 12.3 Å². The molecule has 0 aliphatic rings. The molecule has 3 N–H and O–H groups in total. The van der Waals surface area contributed by atoms with Crippen LogP contribution in [0, 0.1) is 12.3 Å². The van der Waals surface area contributed by atoms with Gasteiger partial charge < -0.3 is 5.73 Å². The van der Waals surface area contributed by atoms with Crippen molar-refractivity contribution in [3.63, 3.8) is 0 Å². The zero-order chi connectivity index (χ0) is 11.0. The highest BCUT2D eigenvalue weighted by atomic mass is 15.0. The minimum atomic E-state index is 0.0509. The first-order valence-electron chi connectivity index (χ1n) is 5.58. The Balaban J connectivity index is 4.41. The van der Waals surface area contributed by atoms with Crippen LogP contribution in [-0.2, 0) is 0 Å². The van der Waals surface area contributed by atoms with Crippen molar-refractivity contribution in [2.24, 2.45) is 5.73 Å². The Kier molecular flexibility index (Phi) is 6.61. The largest absolute Gasteiger partial charge is 0.329 e. The van der Waals surface area contributed by atoms with Crippen molar-refractivity contribution >= 4 is 0 Å². The third-order valence-corrected chi connectivity index (χ3v) is 2.62.